The first-order valence-corrected chi connectivity index (χ1v) is 8.61. The van der Waals surface area contributed by atoms with Crippen LogP contribution in [0.25, 0.3) is 6.08 Å². The highest BCUT2D eigenvalue weighted by Crippen LogP contribution is 2.42. The number of rotatable bonds is 3. The zero-order chi connectivity index (χ0) is 17.1. The summed E-state index contributed by atoms with van der Waals surface area (Å²) in [5.74, 6) is 1.56. The molecule has 5 heteroatoms. The maximum absolute atomic E-state index is 12.7. The Kier molecular flexibility index (Phi) is 4.37. The highest BCUT2D eigenvalue weighted by Gasteiger charge is 2.32. The molecule has 5 nitrogen and oxygen atoms in total. The second-order valence-electron chi connectivity index (χ2n) is 6.15. The van der Waals surface area contributed by atoms with Gasteiger partial charge >= 0.3 is 0 Å². The molecule has 0 saturated carbocycles. The van der Waals surface area contributed by atoms with E-state index >= 15 is 0 Å². The highest BCUT2D eigenvalue weighted by atomic mass is 16.6. The summed E-state index contributed by atoms with van der Waals surface area (Å²) < 4.78 is 11.5. The standard InChI is InChI=1S/C20H20N2O3/c23-19(10-9-15-5-1-2-11-21-15)22-12-4-7-17(22)16-6-3-8-18-20(16)25-14-13-24-18/h1-3,5-6,8-11,17H,4,7,12-14H2/b10-9-. The number of pyridine rings is 1. The Morgan fingerprint density at radius 1 is 1.16 bits per heavy atom. The van der Waals surface area contributed by atoms with Gasteiger partial charge in [-0.2, -0.15) is 0 Å². The first-order valence-electron chi connectivity index (χ1n) is 8.61. The molecule has 0 spiro atoms. The van der Waals surface area contributed by atoms with Gasteiger partial charge in [0.05, 0.1) is 11.7 Å². The van der Waals surface area contributed by atoms with Crippen LogP contribution in [-0.2, 0) is 4.79 Å². The monoisotopic (exact) mass is 336 g/mol. The number of carbonyl (C=O) groups is 1. The van der Waals surface area contributed by atoms with Gasteiger partial charge < -0.3 is 14.4 Å². The van der Waals surface area contributed by atoms with E-state index in [2.05, 4.69) is 4.98 Å². The zero-order valence-corrected chi connectivity index (χ0v) is 13.9. The van der Waals surface area contributed by atoms with E-state index in [0.29, 0.717) is 13.2 Å². The lowest BCUT2D eigenvalue weighted by molar-refractivity contribution is -0.126. The molecule has 25 heavy (non-hydrogen) atoms. The Hall–Kier alpha value is -2.82. The Balaban J connectivity index is 1.57. The van der Waals surface area contributed by atoms with E-state index in [1.165, 1.54) is 0 Å². The van der Waals surface area contributed by atoms with Gasteiger partial charge in [-0.3, -0.25) is 9.78 Å². The first kappa shape index (κ1) is 15.7. The van der Waals surface area contributed by atoms with Crippen molar-refractivity contribution >= 4 is 12.0 Å². The van der Waals surface area contributed by atoms with Crippen LogP contribution in [0.5, 0.6) is 11.5 Å². The summed E-state index contributed by atoms with van der Waals surface area (Å²) in [5.41, 5.74) is 1.81. The summed E-state index contributed by atoms with van der Waals surface area (Å²) in [5, 5.41) is 0. The third kappa shape index (κ3) is 3.22. The van der Waals surface area contributed by atoms with Crippen LogP contribution in [0.4, 0.5) is 0 Å². The molecule has 1 aromatic heterocycles. The van der Waals surface area contributed by atoms with Crippen molar-refractivity contribution in [3.8, 4) is 11.5 Å². The van der Waals surface area contributed by atoms with Crippen molar-refractivity contribution in [2.24, 2.45) is 0 Å². The number of hydrogen-bond acceptors (Lipinski definition) is 4. The van der Waals surface area contributed by atoms with Gasteiger partial charge in [0.15, 0.2) is 11.5 Å². The Morgan fingerprint density at radius 2 is 2.08 bits per heavy atom. The molecule has 1 amide bonds. The average molecular weight is 336 g/mol. The predicted molar refractivity (Wildman–Crippen MR) is 94.4 cm³/mol. The van der Waals surface area contributed by atoms with Gasteiger partial charge in [-0.15, -0.1) is 0 Å². The van der Waals surface area contributed by atoms with Gasteiger partial charge in [0.2, 0.25) is 5.91 Å². The number of aromatic nitrogens is 1. The van der Waals surface area contributed by atoms with E-state index in [1.54, 1.807) is 18.3 Å². The quantitative estimate of drug-likeness (QED) is 0.808. The molecule has 128 valence electrons. The van der Waals surface area contributed by atoms with Crippen molar-refractivity contribution in [2.45, 2.75) is 18.9 Å². The molecule has 1 saturated heterocycles. The molecule has 1 aromatic carbocycles. The zero-order valence-electron chi connectivity index (χ0n) is 13.9. The second kappa shape index (κ2) is 6.97. The van der Waals surface area contributed by atoms with Gasteiger partial charge in [-0.25, -0.2) is 0 Å². The van der Waals surface area contributed by atoms with Gasteiger partial charge in [-0.1, -0.05) is 18.2 Å². The van der Waals surface area contributed by atoms with Crippen LogP contribution in [0, 0.1) is 0 Å². The van der Waals surface area contributed by atoms with Crippen LogP contribution in [0.2, 0.25) is 0 Å². The third-order valence-corrected chi connectivity index (χ3v) is 4.58. The van der Waals surface area contributed by atoms with Crippen molar-refractivity contribution in [2.75, 3.05) is 19.8 Å². The van der Waals surface area contributed by atoms with Gasteiger partial charge in [0.25, 0.3) is 0 Å². The van der Waals surface area contributed by atoms with Crippen LogP contribution >= 0.6 is 0 Å². The molecular formula is C20H20N2O3. The fourth-order valence-electron chi connectivity index (χ4n) is 3.44. The van der Waals surface area contributed by atoms with Crippen molar-refractivity contribution in [3.05, 3.63) is 59.9 Å². The molecule has 1 atom stereocenters. The molecule has 0 aliphatic carbocycles. The SMILES string of the molecule is O=C(/C=C\c1ccccn1)N1CCCC1c1cccc2c1OCCO2. The molecule has 0 bridgehead atoms. The summed E-state index contributed by atoms with van der Waals surface area (Å²) in [6, 6.07) is 11.6. The minimum Gasteiger partial charge on any atom is -0.486 e. The molecule has 3 heterocycles. The van der Waals surface area contributed by atoms with Gasteiger partial charge in [-0.05, 0) is 37.1 Å². The molecule has 4 rings (SSSR count). The number of ether oxygens (including phenoxy) is 2. The van der Waals surface area contributed by atoms with E-state index < -0.39 is 0 Å². The fraction of sp³-hybridized carbons (Fsp3) is 0.300. The number of fused-ring (bicyclic) bond motifs is 1. The minimum atomic E-state index is 0.00230. The summed E-state index contributed by atoms with van der Waals surface area (Å²) in [6.07, 6.45) is 7.00. The average Bonchev–Trinajstić information content (AvgIpc) is 3.16. The number of hydrogen-bond donors (Lipinski definition) is 0. The lowest BCUT2D eigenvalue weighted by atomic mass is 10.0. The van der Waals surface area contributed by atoms with Crippen LogP contribution in [0.3, 0.4) is 0 Å². The molecule has 2 aliphatic heterocycles. The first-order chi connectivity index (χ1) is 12.3. The van der Waals surface area contributed by atoms with Crippen molar-refractivity contribution in [1.29, 1.82) is 0 Å². The largest absolute Gasteiger partial charge is 0.486 e. The Labute approximate surface area is 146 Å². The van der Waals surface area contributed by atoms with E-state index in [1.807, 2.05) is 41.3 Å². The maximum Gasteiger partial charge on any atom is 0.247 e. The van der Waals surface area contributed by atoms with E-state index in [-0.39, 0.29) is 11.9 Å². The van der Waals surface area contributed by atoms with Crippen LogP contribution in [0.1, 0.15) is 30.1 Å². The van der Waals surface area contributed by atoms with Gasteiger partial charge in [0.1, 0.15) is 13.2 Å². The molecule has 2 aromatic rings. The second-order valence-corrected chi connectivity index (χ2v) is 6.15. The number of para-hydroxylation sites is 1. The number of likely N-dealkylation sites (tertiary alicyclic amines) is 1. The molecular weight excluding hydrogens is 316 g/mol. The highest BCUT2D eigenvalue weighted by molar-refractivity contribution is 5.92. The minimum absolute atomic E-state index is 0.00230. The topological polar surface area (TPSA) is 51.7 Å². The van der Waals surface area contributed by atoms with Crippen LogP contribution in [-0.4, -0.2) is 35.5 Å². The van der Waals surface area contributed by atoms with Crippen LogP contribution < -0.4 is 9.47 Å². The Bertz CT molecular complexity index is 789. The number of benzene rings is 1. The van der Waals surface area contributed by atoms with Crippen molar-refractivity contribution in [1.82, 2.24) is 9.88 Å². The summed E-state index contributed by atoms with van der Waals surface area (Å²) >= 11 is 0. The van der Waals surface area contributed by atoms with E-state index in [0.717, 1.165) is 42.1 Å². The maximum atomic E-state index is 12.7. The normalized spacial score (nSPS) is 19.4. The molecule has 1 fully saturated rings. The third-order valence-electron chi connectivity index (χ3n) is 4.58. The molecule has 0 radical (unpaired) electrons. The number of nitrogens with zero attached hydrogens (tertiary/aromatic N) is 2. The van der Waals surface area contributed by atoms with Gasteiger partial charge in [0, 0.05) is 24.4 Å². The molecule has 0 N–H and O–H groups in total. The number of carbonyl (C=O) groups excluding carboxylic acids is 1. The fourth-order valence-corrected chi connectivity index (χ4v) is 3.44. The predicted octanol–water partition coefficient (Wildman–Crippen LogP) is 3.23. The summed E-state index contributed by atoms with van der Waals surface area (Å²) in [6.45, 7) is 1.86. The van der Waals surface area contributed by atoms with Crippen molar-refractivity contribution in [3.63, 3.8) is 0 Å². The number of amides is 1. The smallest absolute Gasteiger partial charge is 0.247 e. The summed E-state index contributed by atoms with van der Waals surface area (Å²) in [7, 11) is 0. The molecule has 2 aliphatic rings. The van der Waals surface area contributed by atoms with E-state index in [4.69, 9.17) is 9.47 Å². The lowest BCUT2D eigenvalue weighted by Crippen LogP contribution is -2.29. The lowest BCUT2D eigenvalue weighted by Gasteiger charge is -2.28. The Morgan fingerprint density at radius 3 is 2.96 bits per heavy atom. The van der Waals surface area contributed by atoms with E-state index in [9.17, 15) is 4.79 Å². The van der Waals surface area contributed by atoms with Crippen LogP contribution in [0.15, 0.2) is 48.7 Å². The van der Waals surface area contributed by atoms with Crippen molar-refractivity contribution < 1.29 is 14.3 Å². The molecule has 1 unspecified atom stereocenters. The summed E-state index contributed by atoms with van der Waals surface area (Å²) in [4.78, 5) is 18.8.